The van der Waals surface area contributed by atoms with Crippen LogP contribution >= 0.6 is 23.1 Å². The lowest BCUT2D eigenvalue weighted by molar-refractivity contribution is 0.322. The number of nitrogens with two attached hydrogens (primary N) is 1. The van der Waals surface area contributed by atoms with Crippen LogP contribution in [0.2, 0.25) is 0 Å². The molecular weight excluding hydrogens is 292 g/mol. The van der Waals surface area contributed by atoms with E-state index in [-0.39, 0.29) is 18.0 Å². The van der Waals surface area contributed by atoms with Crippen LogP contribution in [-0.4, -0.2) is 22.5 Å². The van der Waals surface area contributed by atoms with Crippen molar-refractivity contribution in [3.8, 4) is 23.3 Å². The maximum Gasteiger partial charge on any atom is 0.143 e. The van der Waals surface area contributed by atoms with Crippen molar-refractivity contribution >= 4 is 28.9 Å². The molecule has 0 saturated carbocycles. The number of nitriles is 2. The molecule has 0 unspecified atom stereocenters. The fourth-order valence-electron chi connectivity index (χ4n) is 1.74. The normalized spacial score (nSPS) is 9.95. The smallest absolute Gasteiger partial charge is 0.143 e. The van der Waals surface area contributed by atoms with E-state index in [0.717, 1.165) is 5.56 Å². The van der Waals surface area contributed by atoms with Gasteiger partial charge in [0.15, 0.2) is 0 Å². The number of aliphatic hydroxyl groups is 1. The molecule has 2 heterocycles. The summed E-state index contributed by atoms with van der Waals surface area (Å²) in [6.45, 7) is -0.0229. The molecule has 0 aromatic carbocycles. The number of nitrogens with zero attached hydrogens (tertiary/aromatic N) is 3. The maximum atomic E-state index is 9.40. The molecule has 0 fully saturated rings. The Labute approximate surface area is 124 Å². The molecule has 0 saturated heterocycles. The minimum atomic E-state index is -0.0229. The number of anilines is 1. The van der Waals surface area contributed by atoms with E-state index in [9.17, 15) is 10.5 Å². The Morgan fingerprint density at radius 2 is 2.10 bits per heavy atom. The van der Waals surface area contributed by atoms with E-state index in [4.69, 9.17) is 10.8 Å². The number of aliphatic hydroxyl groups excluding tert-OH is 1. The number of thiophene rings is 1. The largest absolute Gasteiger partial charge is 0.396 e. The zero-order chi connectivity index (χ0) is 14.5. The highest BCUT2D eigenvalue weighted by molar-refractivity contribution is 7.99. The van der Waals surface area contributed by atoms with Crippen LogP contribution in [0.25, 0.3) is 11.1 Å². The Balaban J connectivity index is 2.72. The summed E-state index contributed by atoms with van der Waals surface area (Å²) in [4.78, 5) is 4.11. The Morgan fingerprint density at radius 1 is 1.35 bits per heavy atom. The number of thioether (sulfide) groups is 1. The molecule has 2 aromatic rings. The minimum absolute atomic E-state index is 0.0229. The monoisotopic (exact) mass is 302 g/mol. The molecular formula is C13H10N4OS2. The van der Waals surface area contributed by atoms with Crippen LogP contribution in [0.3, 0.4) is 0 Å². The van der Waals surface area contributed by atoms with Crippen molar-refractivity contribution in [3.63, 3.8) is 0 Å². The standard InChI is InChI=1S/C13H10N4OS2/c14-5-9-11(8-1-3-19-7-8)10(6-15)13(17-12(9)16)20-4-2-18/h1,3,7,18H,2,4H2,(H2,16,17). The first-order chi connectivity index (χ1) is 9.72. The van der Waals surface area contributed by atoms with Gasteiger partial charge in [-0.25, -0.2) is 4.98 Å². The first-order valence-corrected chi connectivity index (χ1v) is 7.55. The summed E-state index contributed by atoms with van der Waals surface area (Å²) in [6.07, 6.45) is 0. The van der Waals surface area contributed by atoms with Crippen LogP contribution in [0.5, 0.6) is 0 Å². The van der Waals surface area contributed by atoms with Crippen LogP contribution in [0, 0.1) is 22.7 Å². The maximum absolute atomic E-state index is 9.40. The van der Waals surface area contributed by atoms with Gasteiger partial charge >= 0.3 is 0 Å². The number of hydrogen-bond donors (Lipinski definition) is 2. The summed E-state index contributed by atoms with van der Waals surface area (Å²) in [5.41, 5.74) is 7.66. The minimum Gasteiger partial charge on any atom is -0.396 e. The topological polar surface area (TPSA) is 107 Å². The van der Waals surface area contributed by atoms with Crippen molar-refractivity contribution < 1.29 is 5.11 Å². The molecule has 0 amide bonds. The van der Waals surface area contributed by atoms with E-state index in [1.807, 2.05) is 22.9 Å². The highest BCUT2D eigenvalue weighted by atomic mass is 32.2. The van der Waals surface area contributed by atoms with Gasteiger partial charge in [0.25, 0.3) is 0 Å². The SMILES string of the molecule is N#Cc1c(N)nc(SCCO)c(C#N)c1-c1ccsc1. The van der Waals surface area contributed by atoms with Crippen molar-refractivity contribution in [2.45, 2.75) is 5.03 Å². The summed E-state index contributed by atoms with van der Waals surface area (Å²) >= 11 is 2.72. The molecule has 0 aliphatic heterocycles. The number of pyridine rings is 1. The van der Waals surface area contributed by atoms with Gasteiger partial charge < -0.3 is 10.8 Å². The molecule has 100 valence electrons. The molecule has 0 aliphatic rings. The van der Waals surface area contributed by atoms with Crippen molar-refractivity contribution in [1.82, 2.24) is 4.98 Å². The van der Waals surface area contributed by atoms with Gasteiger partial charge in [-0.05, 0) is 22.4 Å². The van der Waals surface area contributed by atoms with Crippen molar-refractivity contribution in [2.24, 2.45) is 0 Å². The first kappa shape index (κ1) is 14.4. The predicted molar refractivity (Wildman–Crippen MR) is 79.2 cm³/mol. The average Bonchev–Trinajstić information content (AvgIpc) is 2.98. The van der Waals surface area contributed by atoms with E-state index in [1.54, 1.807) is 0 Å². The number of rotatable bonds is 4. The van der Waals surface area contributed by atoms with Crippen molar-refractivity contribution in [2.75, 3.05) is 18.1 Å². The molecule has 0 radical (unpaired) electrons. The van der Waals surface area contributed by atoms with E-state index >= 15 is 0 Å². The fourth-order valence-corrected chi connectivity index (χ4v) is 3.13. The summed E-state index contributed by atoms with van der Waals surface area (Å²) in [7, 11) is 0. The molecule has 20 heavy (non-hydrogen) atoms. The van der Waals surface area contributed by atoms with Crippen molar-refractivity contribution in [3.05, 3.63) is 28.0 Å². The van der Waals surface area contributed by atoms with E-state index in [0.29, 0.717) is 21.9 Å². The van der Waals surface area contributed by atoms with Gasteiger partial charge in [0.2, 0.25) is 0 Å². The molecule has 0 bridgehead atoms. The lowest BCUT2D eigenvalue weighted by atomic mass is 9.99. The summed E-state index contributed by atoms with van der Waals surface area (Å²) in [5.74, 6) is 0.518. The van der Waals surface area contributed by atoms with Crippen molar-refractivity contribution in [1.29, 1.82) is 10.5 Å². The van der Waals surface area contributed by atoms with Gasteiger partial charge in [-0.2, -0.15) is 21.9 Å². The summed E-state index contributed by atoms with van der Waals surface area (Å²) in [5, 5.41) is 31.7. The summed E-state index contributed by atoms with van der Waals surface area (Å²) in [6, 6.07) is 5.95. The first-order valence-electron chi connectivity index (χ1n) is 5.62. The lowest BCUT2D eigenvalue weighted by Gasteiger charge is -2.11. The van der Waals surface area contributed by atoms with Crippen LogP contribution < -0.4 is 5.73 Å². The Hall–Kier alpha value is -2.06. The average molecular weight is 302 g/mol. The molecule has 2 rings (SSSR count). The van der Waals surface area contributed by atoms with Gasteiger partial charge in [0, 0.05) is 11.3 Å². The van der Waals surface area contributed by atoms with Gasteiger partial charge in [-0.3, -0.25) is 0 Å². The highest BCUT2D eigenvalue weighted by Crippen LogP contribution is 2.36. The summed E-state index contributed by atoms with van der Waals surface area (Å²) < 4.78 is 0. The second-order valence-electron chi connectivity index (χ2n) is 3.73. The van der Waals surface area contributed by atoms with E-state index in [2.05, 4.69) is 11.1 Å². The molecule has 0 atom stereocenters. The molecule has 3 N–H and O–H groups in total. The van der Waals surface area contributed by atoms with E-state index in [1.165, 1.54) is 23.1 Å². The molecule has 0 spiro atoms. The molecule has 7 heteroatoms. The number of nitrogen functional groups attached to an aromatic ring is 1. The predicted octanol–water partition coefficient (Wildman–Crippen LogP) is 2.22. The third kappa shape index (κ3) is 2.61. The number of aromatic nitrogens is 1. The van der Waals surface area contributed by atoms with Gasteiger partial charge in [0.1, 0.15) is 28.5 Å². The Morgan fingerprint density at radius 3 is 2.65 bits per heavy atom. The van der Waals surface area contributed by atoms with Crippen LogP contribution in [0.15, 0.2) is 21.9 Å². The van der Waals surface area contributed by atoms with E-state index < -0.39 is 0 Å². The quantitative estimate of drug-likeness (QED) is 0.839. The van der Waals surface area contributed by atoms with Crippen LogP contribution in [-0.2, 0) is 0 Å². The van der Waals surface area contributed by atoms with Gasteiger partial charge in [-0.1, -0.05) is 0 Å². The zero-order valence-corrected chi connectivity index (χ0v) is 12.0. The third-order valence-corrected chi connectivity index (χ3v) is 4.19. The zero-order valence-electron chi connectivity index (χ0n) is 10.3. The lowest BCUT2D eigenvalue weighted by Crippen LogP contribution is -2.03. The second kappa shape index (κ2) is 6.40. The highest BCUT2D eigenvalue weighted by Gasteiger charge is 2.20. The second-order valence-corrected chi connectivity index (χ2v) is 5.60. The third-order valence-electron chi connectivity index (χ3n) is 2.56. The van der Waals surface area contributed by atoms with Gasteiger partial charge in [-0.15, -0.1) is 11.8 Å². The molecule has 2 aromatic heterocycles. The molecule has 5 nitrogen and oxygen atoms in total. The Kier molecular flexibility index (Phi) is 4.59. The fraction of sp³-hybridized carbons (Fsp3) is 0.154. The Bertz CT molecular complexity index is 699. The van der Waals surface area contributed by atoms with Crippen LogP contribution in [0.1, 0.15) is 11.1 Å². The van der Waals surface area contributed by atoms with Crippen LogP contribution in [0.4, 0.5) is 5.82 Å². The van der Waals surface area contributed by atoms with Gasteiger partial charge in [0.05, 0.1) is 12.2 Å². The molecule has 0 aliphatic carbocycles. The number of hydrogen-bond acceptors (Lipinski definition) is 7.